The lowest BCUT2D eigenvalue weighted by Gasteiger charge is -2.61. The molecule has 0 aromatic heterocycles. The van der Waals surface area contributed by atoms with Crippen LogP contribution in [-0.2, 0) is 17.6 Å². The maximum atomic E-state index is 5.95. The van der Waals surface area contributed by atoms with Crippen LogP contribution < -0.4 is 5.32 Å². The van der Waals surface area contributed by atoms with Gasteiger partial charge in [0, 0.05) is 24.1 Å². The molecule has 4 rings (SSSR count). The zero-order chi connectivity index (χ0) is 13.6. The number of hydrogen-bond acceptors (Lipinski definition) is 2. The molecule has 0 saturated heterocycles. The van der Waals surface area contributed by atoms with E-state index in [2.05, 4.69) is 36.5 Å². The summed E-state index contributed by atoms with van der Waals surface area (Å²) in [6, 6.07) is 10.3. The molecule has 1 aromatic rings. The molecule has 2 fully saturated rings. The van der Waals surface area contributed by atoms with E-state index in [4.69, 9.17) is 4.74 Å². The van der Waals surface area contributed by atoms with E-state index in [-0.39, 0.29) is 0 Å². The first-order chi connectivity index (χ1) is 9.82. The number of nitrogens with one attached hydrogen (secondary N) is 1. The van der Waals surface area contributed by atoms with Crippen molar-refractivity contribution >= 4 is 0 Å². The van der Waals surface area contributed by atoms with Crippen molar-refractivity contribution in [2.75, 3.05) is 6.61 Å². The zero-order valence-corrected chi connectivity index (χ0v) is 12.4. The van der Waals surface area contributed by atoms with E-state index in [9.17, 15) is 0 Å². The summed E-state index contributed by atoms with van der Waals surface area (Å²) < 4.78 is 5.95. The predicted octanol–water partition coefficient (Wildman–Crippen LogP) is 3.09. The Bertz CT molecular complexity index is 469. The standard InChI is InChI=1S/C18H25NO/c1-2-20-17-12-16(18(17)8-5-9-18)19-15-10-13-6-3-4-7-14(13)11-15/h3-4,6-7,15-17,19H,2,5,8-12H2,1H3. The van der Waals surface area contributed by atoms with Crippen molar-refractivity contribution in [2.24, 2.45) is 5.41 Å². The van der Waals surface area contributed by atoms with Crippen LogP contribution in [0.4, 0.5) is 0 Å². The molecule has 2 saturated carbocycles. The number of ether oxygens (including phenoxy) is 1. The second-order valence-electron chi connectivity index (χ2n) is 6.86. The van der Waals surface area contributed by atoms with Gasteiger partial charge in [0.05, 0.1) is 6.10 Å². The van der Waals surface area contributed by atoms with Gasteiger partial charge >= 0.3 is 0 Å². The largest absolute Gasteiger partial charge is 0.378 e. The molecule has 2 nitrogen and oxygen atoms in total. The molecule has 0 aliphatic heterocycles. The van der Waals surface area contributed by atoms with Gasteiger partial charge in [-0.2, -0.15) is 0 Å². The monoisotopic (exact) mass is 271 g/mol. The van der Waals surface area contributed by atoms with Crippen LogP contribution in [0.5, 0.6) is 0 Å². The predicted molar refractivity (Wildman–Crippen MR) is 80.9 cm³/mol. The van der Waals surface area contributed by atoms with Crippen LogP contribution in [0.15, 0.2) is 24.3 Å². The Hall–Kier alpha value is -0.860. The summed E-state index contributed by atoms with van der Waals surface area (Å²) in [6.45, 7) is 2.99. The molecular weight excluding hydrogens is 246 g/mol. The van der Waals surface area contributed by atoms with E-state index in [0.717, 1.165) is 6.61 Å². The first-order valence-corrected chi connectivity index (χ1v) is 8.26. The Balaban J connectivity index is 1.40. The van der Waals surface area contributed by atoms with Crippen LogP contribution >= 0.6 is 0 Å². The summed E-state index contributed by atoms with van der Waals surface area (Å²) >= 11 is 0. The fraction of sp³-hybridized carbons (Fsp3) is 0.667. The van der Waals surface area contributed by atoms with Gasteiger partial charge < -0.3 is 10.1 Å². The minimum atomic E-state index is 0.491. The second kappa shape index (κ2) is 4.85. The van der Waals surface area contributed by atoms with Gasteiger partial charge in [0.15, 0.2) is 0 Å². The number of benzene rings is 1. The quantitative estimate of drug-likeness (QED) is 0.908. The smallest absolute Gasteiger partial charge is 0.0661 e. The molecule has 0 radical (unpaired) electrons. The molecule has 3 aliphatic rings. The Labute approximate surface area is 121 Å². The normalized spacial score (nSPS) is 30.9. The third-order valence-corrected chi connectivity index (χ3v) is 5.93. The van der Waals surface area contributed by atoms with E-state index in [1.165, 1.54) is 38.5 Å². The molecule has 0 amide bonds. The molecule has 1 N–H and O–H groups in total. The second-order valence-corrected chi connectivity index (χ2v) is 6.86. The van der Waals surface area contributed by atoms with Crippen molar-refractivity contribution < 1.29 is 4.74 Å². The van der Waals surface area contributed by atoms with Crippen LogP contribution in [-0.4, -0.2) is 24.8 Å². The van der Waals surface area contributed by atoms with Crippen LogP contribution in [0, 0.1) is 5.41 Å². The van der Waals surface area contributed by atoms with Gasteiger partial charge in [0.1, 0.15) is 0 Å². The lowest BCUT2D eigenvalue weighted by Crippen LogP contribution is -2.68. The molecule has 0 bridgehead atoms. The summed E-state index contributed by atoms with van der Waals surface area (Å²) in [7, 11) is 0. The summed E-state index contributed by atoms with van der Waals surface area (Å²) in [5, 5.41) is 3.96. The lowest BCUT2D eigenvalue weighted by molar-refractivity contribution is -0.174. The van der Waals surface area contributed by atoms with Gasteiger partial charge in [-0.05, 0) is 50.2 Å². The maximum Gasteiger partial charge on any atom is 0.0661 e. The fourth-order valence-corrected chi connectivity index (χ4v) is 4.63. The van der Waals surface area contributed by atoms with E-state index >= 15 is 0 Å². The van der Waals surface area contributed by atoms with Crippen LogP contribution in [0.1, 0.15) is 43.7 Å². The van der Waals surface area contributed by atoms with Crippen LogP contribution in [0.25, 0.3) is 0 Å². The average Bonchev–Trinajstić information content (AvgIpc) is 2.77. The summed E-state index contributed by atoms with van der Waals surface area (Å²) in [5.41, 5.74) is 3.59. The highest BCUT2D eigenvalue weighted by molar-refractivity contribution is 5.33. The van der Waals surface area contributed by atoms with Gasteiger partial charge in [-0.25, -0.2) is 0 Å². The molecule has 1 aromatic carbocycles. The maximum absolute atomic E-state index is 5.95. The van der Waals surface area contributed by atoms with Crippen molar-refractivity contribution in [3.63, 3.8) is 0 Å². The van der Waals surface area contributed by atoms with Crippen LogP contribution in [0.3, 0.4) is 0 Å². The Morgan fingerprint density at radius 2 is 1.90 bits per heavy atom. The SMILES string of the molecule is CCOC1CC(NC2Cc3ccccc3C2)C12CCC2. The van der Waals surface area contributed by atoms with Crippen molar-refractivity contribution in [1.82, 2.24) is 5.32 Å². The zero-order valence-electron chi connectivity index (χ0n) is 12.4. The molecule has 108 valence electrons. The van der Waals surface area contributed by atoms with Crippen LogP contribution in [0.2, 0.25) is 0 Å². The molecular formula is C18H25NO. The highest BCUT2D eigenvalue weighted by atomic mass is 16.5. The van der Waals surface area contributed by atoms with Gasteiger partial charge in [0.2, 0.25) is 0 Å². The Kier molecular flexibility index (Phi) is 3.12. The molecule has 3 aliphatic carbocycles. The van der Waals surface area contributed by atoms with Gasteiger partial charge in [-0.15, -0.1) is 0 Å². The van der Waals surface area contributed by atoms with E-state index < -0.39 is 0 Å². The molecule has 0 heterocycles. The topological polar surface area (TPSA) is 21.3 Å². The van der Waals surface area contributed by atoms with Crippen molar-refractivity contribution in [1.29, 1.82) is 0 Å². The Morgan fingerprint density at radius 1 is 1.20 bits per heavy atom. The van der Waals surface area contributed by atoms with E-state index in [0.29, 0.717) is 23.6 Å². The molecule has 2 unspecified atom stereocenters. The van der Waals surface area contributed by atoms with E-state index in [1.54, 1.807) is 11.1 Å². The van der Waals surface area contributed by atoms with Gasteiger partial charge in [-0.3, -0.25) is 0 Å². The molecule has 20 heavy (non-hydrogen) atoms. The lowest BCUT2D eigenvalue weighted by atomic mass is 9.51. The highest BCUT2D eigenvalue weighted by Gasteiger charge is 2.59. The highest BCUT2D eigenvalue weighted by Crippen LogP contribution is 2.57. The first kappa shape index (κ1) is 12.8. The first-order valence-electron chi connectivity index (χ1n) is 8.26. The summed E-state index contributed by atoms with van der Waals surface area (Å²) in [6.07, 6.45) is 8.31. The van der Waals surface area contributed by atoms with E-state index in [1.807, 2.05) is 0 Å². The van der Waals surface area contributed by atoms with Crippen molar-refractivity contribution in [2.45, 2.75) is 63.6 Å². The average molecular weight is 271 g/mol. The van der Waals surface area contributed by atoms with Gasteiger partial charge in [-0.1, -0.05) is 30.7 Å². The van der Waals surface area contributed by atoms with Crippen molar-refractivity contribution in [3.8, 4) is 0 Å². The summed E-state index contributed by atoms with van der Waals surface area (Å²) in [5.74, 6) is 0. The Morgan fingerprint density at radius 3 is 2.45 bits per heavy atom. The molecule has 1 spiro atoms. The van der Waals surface area contributed by atoms with Gasteiger partial charge in [0.25, 0.3) is 0 Å². The van der Waals surface area contributed by atoms with Crippen molar-refractivity contribution in [3.05, 3.63) is 35.4 Å². The number of rotatable bonds is 4. The number of fused-ring (bicyclic) bond motifs is 1. The molecule has 2 atom stereocenters. The minimum Gasteiger partial charge on any atom is -0.378 e. The molecule has 2 heteroatoms. The number of hydrogen-bond donors (Lipinski definition) is 1. The fourth-order valence-electron chi connectivity index (χ4n) is 4.63. The third-order valence-electron chi connectivity index (χ3n) is 5.93. The third kappa shape index (κ3) is 1.85. The minimum absolute atomic E-state index is 0.491. The summed E-state index contributed by atoms with van der Waals surface area (Å²) in [4.78, 5) is 0.